The van der Waals surface area contributed by atoms with Crippen LogP contribution in [0.25, 0.3) is 0 Å². The largest absolute Gasteiger partial charge is 0.253 e. The van der Waals surface area contributed by atoms with Gasteiger partial charge in [0.05, 0.1) is 0 Å². The fourth-order valence-electron chi connectivity index (χ4n) is 1.57. The van der Waals surface area contributed by atoms with Gasteiger partial charge in [0.2, 0.25) is 0 Å². The summed E-state index contributed by atoms with van der Waals surface area (Å²) in [6, 6.07) is 1.78. The van der Waals surface area contributed by atoms with Gasteiger partial charge in [0, 0.05) is 17.6 Å². The summed E-state index contributed by atoms with van der Waals surface area (Å²) in [5.74, 6) is 0.577. The van der Waals surface area contributed by atoms with Crippen molar-refractivity contribution in [1.82, 2.24) is 4.31 Å². The van der Waals surface area contributed by atoms with E-state index >= 15 is 0 Å². The van der Waals surface area contributed by atoms with E-state index in [1.165, 1.54) is 11.3 Å². The average molecular weight is 324 g/mol. The van der Waals surface area contributed by atoms with Crippen LogP contribution in [0.2, 0.25) is 0 Å². The topological polar surface area (TPSA) is 37.4 Å². The van der Waals surface area contributed by atoms with Crippen LogP contribution in [0.15, 0.2) is 20.1 Å². The summed E-state index contributed by atoms with van der Waals surface area (Å²) in [6.45, 7) is 3.10. The first-order chi connectivity index (χ1) is 7.55. The molecule has 1 aromatic heterocycles. The van der Waals surface area contributed by atoms with E-state index in [1.54, 1.807) is 15.8 Å². The van der Waals surface area contributed by atoms with Gasteiger partial charge in [0.25, 0.3) is 10.0 Å². The van der Waals surface area contributed by atoms with Crippen LogP contribution in [0.3, 0.4) is 0 Å². The molecule has 0 bridgehead atoms. The van der Waals surface area contributed by atoms with Gasteiger partial charge in [-0.15, -0.1) is 11.3 Å². The van der Waals surface area contributed by atoms with Gasteiger partial charge < -0.3 is 0 Å². The number of hydrogen-bond donors (Lipinski definition) is 0. The molecular formula is C10H14BrNO2S2. The van der Waals surface area contributed by atoms with Gasteiger partial charge in [0.1, 0.15) is 4.21 Å². The predicted molar refractivity (Wildman–Crippen MR) is 69.2 cm³/mol. The second kappa shape index (κ2) is 4.76. The van der Waals surface area contributed by atoms with E-state index in [0.717, 1.165) is 12.8 Å². The fourth-order valence-corrected chi connectivity index (χ4v) is 5.54. The molecule has 1 heterocycles. The molecule has 6 heteroatoms. The van der Waals surface area contributed by atoms with Crippen LogP contribution in [-0.2, 0) is 10.0 Å². The summed E-state index contributed by atoms with van der Waals surface area (Å²) in [7, 11) is -3.29. The molecule has 0 spiro atoms. The molecule has 1 aromatic rings. The molecule has 0 unspecified atom stereocenters. The minimum absolute atomic E-state index is 0.426. The van der Waals surface area contributed by atoms with Crippen LogP contribution in [0.4, 0.5) is 0 Å². The lowest BCUT2D eigenvalue weighted by atomic mass is 10.4. The van der Waals surface area contributed by atoms with Crippen molar-refractivity contribution in [2.45, 2.75) is 24.0 Å². The molecule has 0 radical (unpaired) electrons. The van der Waals surface area contributed by atoms with E-state index < -0.39 is 10.0 Å². The fraction of sp³-hybridized carbons (Fsp3) is 0.600. The normalized spacial score (nSPS) is 16.9. The van der Waals surface area contributed by atoms with Crippen LogP contribution in [0, 0.1) is 5.92 Å². The van der Waals surface area contributed by atoms with Crippen LogP contribution >= 0.6 is 27.3 Å². The molecule has 90 valence electrons. The van der Waals surface area contributed by atoms with E-state index in [9.17, 15) is 8.42 Å². The molecule has 0 aromatic carbocycles. The second-order valence-corrected chi connectivity index (χ2v) is 7.86. The van der Waals surface area contributed by atoms with Crippen molar-refractivity contribution in [2.24, 2.45) is 5.92 Å². The Balaban J connectivity index is 2.25. The second-order valence-electron chi connectivity index (χ2n) is 3.96. The van der Waals surface area contributed by atoms with Crippen molar-refractivity contribution in [3.8, 4) is 0 Å². The highest BCUT2D eigenvalue weighted by molar-refractivity contribution is 9.10. The lowest BCUT2D eigenvalue weighted by Gasteiger charge is -2.19. The number of thiophene rings is 1. The van der Waals surface area contributed by atoms with Crippen LogP contribution in [0.5, 0.6) is 0 Å². The third-order valence-electron chi connectivity index (χ3n) is 2.67. The Morgan fingerprint density at radius 2 is 2.25 bits per heavy atom. The van der Waals surface area contributed by atoms with E-state index in [-0.39, 0.29) is 0 Å². The summed E-state index contributed by atoms with van der Waals surface area (Å²) >= 11 is 4.56. The molecule has 16 heavy (non-hydrogen) atoms. The van der Waals surface area contributed by atoms with Crippen molar-refractivity contribution in [3.05, 3.63) is 15.9 Å². The summed E-state index contributed by atoms with van der Waals surface area (Å²) < 4.78 is 27.3. The van der Waals surface area contributed by atoms with Crippen molar-refractivity contribution in [2.75, 3.05) is 13.1 Å². The third kappa shape index (κ3) is 2.50. The maximum atomic E-state index is 12.3. The quantitative estimate of drug-likeness (QED) is 0.835. The number of hydrogen-bond acceptors (Lipinski definition) is 3. The van der Waals surface area contributed by atoms with Crippen LogP contribution < -0.4 is 0 Å². The third-order valence-corrected chi connectivity index (χ3v) is 7.26. The van der Waals surface area contributed by atoms with Gasteiger partial charge >= 0.3 is 0 Å². The molecule has 1 fully saturated rings. The van der Waals surface area contributed by atoms with Gasteiger partial charge in [0.15, 0.2) is 0 Å². The zero-order valence-electron chi connectivity index (χ0n) is 9.02. The average Bonchev–Trinajstić information content (AvgIpc) is 2.95. The van der Waals surface area contributed by atoms with E-state index in [0.29, 0.717) is 27.7 Å². The van der Waals surface area contributed by atoms with Crippen LogP contribution in [0.1, 0.15) is 19.8 Å². The number of nitrogens with zero attached hydrogens (tertiary/aromatic N) is 1. The van der Waals surface area contributed by atoms with E-state index in [1.807, 2.05) is 6.92 Å². The lowest BCUT2D eigenvalue weighted by Crippen LogP contribution is -2.32. The monoisotopic (exact) mass is 323 g/mol. The van der Waals surface area contributed by atoms with Gasteiger partial charge in [-0.25, -0.2) is 8.42 Å². The number of halogens is 1. The van der Waals surface area contributed by atoms with Crippen molar-refractivity contribution in [1.29, 1.82) is 0 Å². The predicted octanol–water partition coefficient (Wildman–Crippen LogP) is 2.93. The zero-order valence-corrected chi connectivity index (χ0v) is 12.2. The maximum absolute atomic E-state index is 12.3. The first-order valence-corrected chi connectivity index (χ1v) is 8.40. The number of sulfonamides is 1. The van der Waals surface area contributed by atoms with E-state index in [2.05, 4.69) is 15.9 Å². The maximum Gasteiger partial charge on any atom is 0.253 e. The first-order valence-electron chi connectivity index (χ1n) is 5.29. The summed E-state index contributed by atoms with van der Waals surface area (Å²) in [6.07, 6.45) is 2.33. The SMILES string of the molecule is CCN(CC1CC1)S(=O)(=O)c1sccc1Br. The summed E-state index contributed by atoms with van der Waals surface area (Å²) in [5, 5.41) is 1.79. The van der Waals surface area contributed by atoms with Crippen molar-refractivity contribution in [3.63, 3.8) is 0 Å². The molecule has 0 amide bonds. The van der Waals surface area contributed by atoms with Gasteiger partial charge in [-0.1, -0.05) is 6.92 Å². The van der Waals surface area contributed by atoms with Crippen molar-refractivity contribution >= 4 is 37.3 Å². The van der Waals surface area contributed by atoms with Gasteiger partial charge in [-0.2, -0.15) is 4.31 Å². The van der Waals surface area contributed by atoms with Gasteiger partial charge in [-0.05, 0) is 46.1 Å². The molecule has 3 nitrogen and oxygen atoms in total. The molecule has 1 aliphatic carbocycles. The zero-order chi connectivity index (χ0) is 11.8. The first kappa shape index (κ1) is 12.5. The molecule has 1 saturated carbocycles. The molecule has 2 rings (SSSR count). The standard InChI is InChI=1S/C10H14BrNO2S2/c1-2-12(7-8-3-4-8)16(13,14)10-9(11)5-6-15-10/h5-6,8H,2-4,7H2,1H3. The Hall–Kier alpha value is 0.0900. The Morgan fingerprint density at radius 3 is 2.69 bits per heavy atom. The molecule has 1 aliphatic rings. The molecule has 0 saturated heterocycles. The molecule has 0 atom stereocenters. The smallest absolute Gasteiger partial charge is 0.206 e. The highest BCUT2D eigenvalue weighted by Gasteiger charge is 2.32. The Labute approximate surface area is 109 Å². The highest BCUT2D eigenvalue weighted by atomic mass is 79.9. The molecular weight excluding hydrogens is 310 g/mol. The Kier molecular flexibility index (Phi) is 3.73. The molecule has 0 N–H and O–H groups in total. The minimum Gasteiger partial charge on any atom is -0.206 e. The van der Waals surface area contributed by atoms with E-state index in [4.69, 9.17) is 0 Å². The summed E-state index contributed by atoms with van der Waals surface area (Å²) in [4.78, 5) is 0. The Morgan fingerprint density at radius 1 is 1.56 bits per heavy atom. The number of rotatable bonds is 5. The summed E-state index contributed by atoms with van der Waals surface area (Å²) in [5.41, 5.74) is 0. The highest BCUT2D eigenvalue weighted by Crippen LogP contribution is 2.34. The lowest BCUT2D eigenvalue weighted by molar-refractivity contribution is 0.413. The van der Waals surface area contributed by atoms with Crippen molar-refractivity contribution < 1.29 is 8.42 Å². The minimum atomic E-state index is -3.29. The van der Waals surface area contributed by atoms with Gasteiger partial charge in [-0.3, -0.25) is 0 Å². The molecule has 0 aliphatic heterocycles. The Bertz CT molecular complexity index is 465. The van der Waals surface area contributed by atoms with Crippen LogP contribution in [-0.4, -0.2) is 25.8 Å².